The number of hydrogen-bond acceptors (Lipinski definition) is 4. The average Bonchev–Trinajstić information content (AvgIpc) is 2.53. The minimum absolute atomic E-state index is 0.00244. The van der Waals surface area contributed by atoms with E-state index in [1.165, 1.54) is 0 Å². The predicted octanol–water partition coefficient (Wildman–Crippen LogP) is 7.04. The highest BCUT2D eigenvalue weighted by Gasteiger charge is 2.49. The number of hydrogen-bond donors (Lipinski definition) is 0. The van der Waals surface area contributed by atoms with E-state index in [0.29, 0.717) is 16.6 Å². The van der Waals surface area contributed by atoms with Gasteiger partial charge in [-0.3, -0.25) is 4.79 Å². The van der Waals surface area contributed by atoms with Gasteiger partial charge >= 0.3 is 0 Å². The largest absolute Gasteiger partial charge is 0.518 e. The van der Waals surface area contributed by atoms with E-state index in [0.717, 1.165) is 0 Å². The van der Waals surface area contributed by atoms with Crippen LogP contribution in [0.2, 0.25) is 34.8 Å². The van der Waals surface area contributed by atoms with Crippen LogP contribution in [0, 0.1) is 5.92 Å². The molecule has 0 fully saturated rings. The van der Waals surface area contributed by atoms with Gasteiger partial charge in [0.05, 0.1) is 18.6 Å². The van der Waals surface area contributed by atoms with Gasteiger partial charge in [0, 0.05) is 4.91 Å². The highest BCUT2D eigenvalue weighted by Crippen LogP contribution is 2.43. The summed E-state index contributed by atoms with van der Waals surface area (Å²) in [5.74, 6) is -0.706. The lowest BCUT2D eigenvalue weighted by atomic mass is 10.1. The Balaban J connectivity index is 5.77. The normalized spacial score (nSPS) is 15.5. The first-order valence-corrected chi connectivity index (χ1v) is 15.5. The monoisotopic (exact) mass is 429 g/mol. The number of nitrogens with zero attached hydrogens (tertiary/aromatic N) is 3. The summed E-state index contributed by atoms with van der Waals surface area (Å²) in [7, 11) is -4.45. The molecule has 0 saturated heterocycles. The second-order valence-corrected chi connectivity index (χ2v) is 20.5. The zero-order valence-electron chi connectivity index (χ0n) is 20.2. The smallest absolute Gasteiger partial charge is 0.297 e. The maximum Gasteiger partial charge on any atom is 0.297 e. The molecule has 0 radical (unpaired) electrons. The predicted molar refractivity (Wildman–Crippen MR) is 122 cm³/mol. The second-order valence-electron chi connectivity index (χ2n) is 10.4. The Kier molecular flexibility index (Phi) is 9.97. The lowest BCUT2D eigenvalue weighted by molar-refractivity contribution is -0.142. The Labute approximate surface area is 174 Å². The first-order valence-electron chi connectivity index (χ1n) is 10.5. The third-order valence-corrected chi connectivity index (χ3v) is 17.0. The molecular weight excluding hydrogens is 386 g/mol. The molecule has 0 aromatic rings. The van der Waals surface area contributed by atoms with Crippen molar-refractivity contribution >= 4 is 22.6 Å². The van der Waals surface area contributed by atoms with E-state index in [9.17, 15) is 4.79 Å². The molecule has 0 unspecified atom stereocenters. The second kappa shape index (κ2) is 10.3. The van der Waals surface area contributed by atoms with Gasteiger partial charge in [0.15, 0.2) is 8.32 Å². The zero-order valence-corrected chi connectivity index (χ0v) is 22.2. The van der Waals surface area contributed by atoms with Crippen molar-refractivity contribution in [3.05, 3.63) is 10.4 Å². The van der Waals surface area contributed by atoms with Crippen LogP contribution in [0.25, 0.3) is 10.4 Å². The van der Waals surface area contributed by atoms with Crippen LogP contribution in [0.15, 0.2) is 5.11 Å². The van der Waals surface area contributed by atoms with Crippen LogP contribution in [-0.2, 0) is 13.6 Å². The van der Waals surface area contributed by atoms with Crippen molar-refractivity contribution in [1.82, 2.24) is 0 Å². The molecule has 0 aliphatic carbocycles. The Morgan fingerprint density at radius 2 is 1.43 bits per heavy atom. The summed E-state index contributed by atoms with van der Waals surface area (Å²) < 4.78 is 12.8. The summed E-state index contributed by atoms with van der Waals surface area (Å²) >= 11 is 0. The van der Waals surface area contributed by atoms with Crippen LogP contribution in [0.5, 0.6) is 0 Å². The lowest BCUT2D eigenvalue weighted by Gasteiger charge is -2.43. The first kappa shape index (κ1) is 27.2. The Morgan fingerprint density at radius 1 is 1.00 bits per heavy atom. The van der Waals surface area contributed by atoms with Crippen molar-refractivity contribution < 1.29 is 13.6 Å². The third kappa shape index (κ3) is 6.34. The molecule has 0 amide bonds. The molecule has 2 atom stereocenters. The number of rotatable bonds is 10. The van der Waals surface area contributed by atoms with Crippen LogP contribution < -0.4 is 0 Å². The minimum atomic E-state index is -2.32. The van der Waals surface area contributed by atoms with Gasteiger partial charge in [-0.1, -0.05) is 67.4 Å². The molecule has 8 heteroatoms. The van der Waals surface area contributed by atoms with Crippen molar-refractivity contribution in [1.29, 1.82) is 0 Å². The van der Waals surface area contributed by atoms with E-state index in [1.54, 1.807) is 0 Å². The highest BCUT2D eigenvalue weighted by molar-refractivity contribution is 6.79. The molecule has 0 bridgehead atoms. The Hall–Kier alpha value is -0.826. The van der Waals surface area contributed by atoms with Crippen molar-refractivity contribution in [2.45, 2.75) is 110 Å². The number of carbonyl (C=O) groups is 1. The molecule has 0 heterocycles. The minimum Gasteiger partial charge on any atom is -0.518 e. The maximum atomic E-state index is 13.2. The van der Waals surface area contributed by atoms with Gasteiger partial charge in [-0.15, -0.1) is 0 Å². The summed E-state index contributed by atoms with van der Waals surface area (Å²) in [6, 6.07) is 0. The van der Waals surface area contributed by atoms with Gasteiger partial charge in [-0.25, -0.2) is 0 Å². The fourth-order valence-corrected chi connectivity index (χ4v) is 10.4. The first-order chi connectivity index (χ1) is 12.5. The van der Waals surface area contributed by atoms with Gasteiger partial charge in [-0.05, 0) is 47.2 Å². The molecule has 164 valence electrons. The van der Waals surface area contributed by atoms with Crippen LogP contribution >= 0.6 is 0 Å². The van der Waals surface area contributed by atoms with E-state index in [2.05, 4.69) is 85.4 Å². The summed E-state index contributed by atoms with van der Waals surface area (Å²) in [5, 5.41) is 3.72. The van der Waals surface area contributed by atoms with Crippen LogP contribution in [0.1, 0.15) is 69.2 Å². The van der Waals surface area contributed by atoms with Gasteiger partial charge < -0.3 is 8.85 Å². The fourth-order valence-electron chi connectivity index (χ4n) is 3.74. The van der Waals surface area contributed by atoms with Crippen LogP contribution in [-0.4, -0.2) is 35.3 Å². The molecule has 6 nitrogen and oxygen atoms in total. The fraction of sp³-hybridized carbons (Fsp3) is 0.950. The SMILES string of the molecule is CC(C)[Si](OC(=O)[C@@H](C)[C@H](CN=[N+]=[N-])O[Si](C)(C)C(C)(C)C)(C(C)C)C(C)C. The van der Waals surface area contributed by atoms with Gasteiger partial charge in [-0.2, -0.15) is 0 Å². The molecular formula is C20H43N3O3Si2. The highest BCUT2D eigenvalue weighted by atomic mass is 28.4. The number of azide groups is 1. The quantitative estimate of drug-likeness (QED) is 0.161. The molecule has 0 spiro atoms. The molecule has 28 heavy (non-hydrogen) atoms. The standard InChI is InChI=1S/C20H43N3O3Si2/c1-14(2)28(15(3)4,16(5)6)26-19(24)17(7)18(13-22-23-21)25-27(11,12)20(8,9)10/h14-18H,13H2,1-12H3/t17-,18-/m0/s1. The Bertz CT molecular complexity index is 544. The molecule has 0 aliphatic rings. The summed E-state index contributed by atoms with van der Waals surface area (Å²) in [5.41, 5.74) is 9.76. The molecule has 0 aromatic heterocycles. The summed E-state index contributed by atoms with van der Waals surface area (Å²) in [4.78, 5) is 16.1. The maximum absolute atomic E-state index is 13.2. The van der Waals surface area contributed by atoms with Crippen LogP contribution in [0.4, 0.5) is 0 Å². The molecule has 0 aliphatic heterocycles. The van der Waals surface area contributed by atoms with Crippen molar-refractivity contribution in [2.24, 2.45) is 11.0 Å². The third-order valence-electron chi connectivity index (χ3n) is 6.49. The molecule has 0 aromatic carbocycles. The van der Waals surface area contributed by atoms with E-state index in [4.69, 9.17) is 14.4 Å². The van der Waals surface area contributed by atoms with Gasteiger partial charge in [0.1, 0.15) is 0 Å². The van der Waals surface area contributed by atoms with Crippen molar-refractivity contribution in [3.8, 4) is 0 Å². The van der Waals surface area contributed by atoms with E-state index >= 15 is 0 Å². The average molecular weight is 430 g/mol. The Morgan fingerprint density at radius 3 is 1.75 bits per heavy atom. The van der Waals surface area contributed by atoms with Gasteiger partial charge in [0.25, 0.3) is 14.3 Å². The molecule has 0 N–H and O–H groups in total. The van der Waals surface area contributed by atoms with Gasteiger partial charge in [0.2, 0.25) is 0 Å². The summed E-state index contributed by atoms with van der Waals surface area (Å²) in [6.45, 7) is 25.7. The lowest BCUT2D eigenvalue weighted by Crippen LogP contribution is -2.52. The van der Waals surface area contributed by atoms with E-state index in [1.807, 2.05) is 6.92 Å². The molecule has 0 rings (SSSR count). The summed E-state index contributed by atoms with van der Waals surface area (Å²) in [6.07, 6.45) is -0.470. The zero-order chi connectivity index (χ0) is 22.5. The topological polar surface area (TPSA) is 84.3 Å². The van der Waals surface area contributed by atoms with Crippen LogP contribution in [0.3, 0.4) is 0 Å². The number of carbonyl (C=O) groups excluding carboxylic acids is 1. The van der Waals surface area contributed by atoms with E-state index in [-0.39, 0.29) is 17.6 Å². The van der Waals surface area contributed by atoms with E-state index < -0.39 is 28.7 Å². The molecule has 0 saturated carbocycles. The van der Waals surface area contributed by atoms with Crippen molar-refractivity contribution in [2.75, 3.05) is 6.54 Å². The van der Waals surface area contributed by atoms with Crippen molar-refractivity contribution in [3.63, 3.8) is 0 Å².